The van der Waals surface area contributed by atoms with E-state index < -0.39 is 17.2 Å². The molecule has 0 saturated heterocycles. The minimum absolute atomic E-state index is 0.207. The van der Waals surface area contributed by atoms with Crippen LogP contribution >= 0.6 is 0 Å². The third-order valence-corrected chi connectivity index (χ3v) is 3.48. The van der Waals surface area contributed by atoms with Crippen LogP contribution in [0.5, 0.6) is 0 Å². The Morgan fingerprint density at radius 2 is 1.50 bits per heavy atom. The molecule has 0 saturated carbocycles. The molecule has 0 fully saturated rings. The van der Waals surface area contributed by atoms with Crippen molar-refractivity contribution in [3.63, 3.8) is 0 Å². The Hall–Kier alpha value is -1.74. The number of aliphatic hydroxyl groups is 1. The summed E-state index contributed by atoms with van der Waals surface area (Å²) in [5, 5.41) is 10.6. The van der Waals surface area contributed by atoms with Gasteiger partial charge in [-0.2, -0.15) is 0 Å². The molecule has 0 aliphatic heterocycles. The highest BCUT2D eigenvalue weighted by atomic mass is 19.1. The van der Waals surface area contributed by atoms with Crippen molar-refractivity contribution in [2.75, 3.05) is 0 Å². The third kappa shape index (κ3) is 3.05. The van der Waals surface area contributed by atoms with E-state index in [-0.39, 0.29) is 5.56 Å². The molecule has 0 spiro atoms. The van der Waals surface area contributed by atoms with Gasteiger partial charge in [0.15, 0.2) is 0 Å². The Labute approximate surface area is 117 Å². The number of hydrogen-bond acceptors (Lipinski definition) is 1. The van der Waals surface area contributed by atoms with E-state index in [9.17, 15) is 13.9 Å². The molecule has 1 N–H and O–H groups in total. The first-order valence-corrected chi connectivity index (χ1v) is 6.72. The lowest BCUT2D eigenvalue weighted by Gasteiger charge is -2.25. The van der Waals surface area contributed by atoms with Gasteiger partial charge in [0.2, 0.25) is 0 Å². The molecule has 3 heteroatoms. The van der Waals surface area contributed by atoms with Gasteiger partial charge in [0, 0.05) is 6.07 Å². The molecule has 0 bridgehead atoms. The minimum atomic E-state index is -1.42. The van der Waals surface area contributed by atoms with Crippen molar-refractivity contribution in [2.45, 2.75) is 32.3 Å². The first-order valence-electron chi connectivity index (χ1n) is 6.72. The molecule has 1 unspecified atom stereocenters. The van der Waals surface area contributed by atoms with Gasteiger partial charge in [0.1, 0.15) is 17.2 Å². The van der Waals surface area contributed by atoms with E-state index in [1.54, 1.807) is 12.1 Å². The molecule has 2 aromatic rings. The quantitative estimate of drug-likeness (QED) is 0.888. The minimum Gasteiger partial charge on any atom is -0.381 e. The summed E-state index contributed by atoms with van der Waals surface area (Å²) in [4.78, 5) is 0. The van der Waals surface area contributed by atoms with Gasteiger partial charge in [-0.3, -0.25) is 0 Å². The van der Waals surface area contributed by atoms with Crippen molar-refractivity contribution in [3.05, 3.63) is 70.8 Å². The van der Waals surface area contributed by atoms with Crippen molar-refractivity contribution in [2.24, 2.45) is 0 Å². The lowest BCUT2D eigenvalue weighted by Crippen LogP contribution is -2.23. The molecule has 1 atom stereocenters. The summed E-state index contributed by atoms with van der Waals surface area (Å²) >= 11 is 0. The molecule has 2 rings (SSSR count). The Bertz CT molecular complexity index is 568. The van der Waals surface area contributed by atoms with Crippen LogP contribution in [0, 0.1) is 11.6 Å². The molecule has 0 aliphatic carbocycles. The van der Waals surface area contributed by atoms with Crippen LogP contribution in [0.25, 0.3) is 0 Å². The van der Waals surface area contributed by atoms with Crippen LogP contribution in [0.2, 0.25) is 0 Å². The molecule has 1 nitrogen and oxygen atoms in total. The molecule has 106 valence electrons. The molecule has 0 amide bonds. The lowest BCUT2D eigenvalue weighted by atomic mass is 9.87. The van der Waals surface area contributed by atoms with Gasteiger partial charge in [0.25, 0.3) is 0 Å². The zero-order chi connectivity index (χ0) is 14.8. The van der Waals surface area contributed by atoms with Gasteiger partial charge in [-0.1, -0.05) is 37.6 Å². The Morgan fingerprint density at radius 1 is 0.950 bits per heavy atom. The van der Waals surface area contributed by atoms with E-state index in [1.807, 2.05) is 12.1 Å². The lowest BCUT2D eigenvalue weighted by molar-refractivity contribution is 0.101. The highest BCUT2D eigenvalue weighted by molar-refractivity contribution is 5.37. The number of halogens is 2. The number of benzene rings is 2. The van der Waals surface area contributed by atoms with E-state index in [0.717, 1.165) is 31.0 Å². The molecular formula is C17H18F2O. The van der Waals surface area contributed by atoms with Gasteiger partial charge in [-0.25, -0.2) is 8.78 Å². The van der Waals surface area contributed by atoms with Gasteiger partial charge in [0.05, 0.1) is 0 Å². The van der Waals surface area contributed by atoms with Crippen molar-refractivity contribution >= 4 is 0 Å². The summed E-state index contributed by atoms with van der Waals surface area (Å²) < 4.78 is 26.6. The van der Waals surface area contributed by atoms with Crippen molar-refractivity contribution < 1.29 is 13.9 Å². The Morgan fingerprint density at radius 3 is 2.00 bits per heavy atom. The predicted molar refractivity (Wildman–Crippen MR) is 75.5 cm³/mol. The third-order valence-electron chi connectivity index (χ3n) is 3.48. The highest BCUT2D eigenvalue weighted by Crippen LogP contribution is 2.30. The van der Waals surface area contributed by atoms with Crippen LogP contribution in [0.1, 0.15) is 37.0 Å². The van der Waals surface area contributed by atoms with Crippen LogP contribution in [-0.2, 0) is 12.0 Å². The summed E-state index contributed by atoms with van der Waals surface area (Å²) in [7, 11) is 0. The van der Waals surface area contributed by atoms with E-state index in [4.69, 9.17) is 0 Å². The van der Waals surface area contributed by atoms with Crippen LogP contribution < -0.4 is 0 Å². The molecular weight excluding hydrogens is 258 g/mol. The second-order valence-corrected chi connectivity index (χ2v) is 5.18. The normalized spacial score (nSPS) is 14.1. The maximum Gasteiger partial charge on any atom is 0.126 e. The standard InChI is InChI=1S/C17H18F2O/c1-3-4-12-5-7-13(8-6-12)17(2,20)14-9-15(18)11-16(19)10-14/h5-11,20H,3-4H2,1-2H3. The van der Waals surface area contributed by atoms with Crippen molar-refractivity contribution in [1.82, 2.24) is 0 Å². The van der Waals surface area contributed by atoms with Crippen LogP contribution in [0.15, 0.2) is 42.5 Å². The van der Waals surface area contributed by atoms with Crippen molar-refractivity contribution in [1.29, 1.82) is 0 Å². The van der Waals surface area contributed by atoms with Crippen LogP contribution in [0.4, 0.5) is 8.78 Å². The van der Waals surface area contributed by atoms with Gasteiger partial charge < -0.3 is 5.11 Å². The molecule has 0 radical (unpaired) electrons. The Kier molecular flexibility index (Phi) is 4.19. The highest BCUT2D eigenvalue weighted by Gasteiger charge is 2.26. The molecule has 20 heavy (non-hydrogen) atoms. The largest absolute Gasteiger partial charge is 0.381 e. The van der Waals surface area contributed by atoms with Crippen LogP contribution in [0.3, 0.4) is 0 Å². The average Bonchev–Trinajstić information content (AvgIpc) is 2.38. The summed E-state index contributed by atoms with van der Waals surface area (Å²) in [6.07, 6.45) is 2.02. The molecule has 0 aliphatic rings. The number of rotatable bonds is 4. The van der Waals surface area contributed by atoms with Gasteiger partial charge in [-0.15, -0.1) is 0 Å². The van der Waals surface area contributed by atoms with E-state index in [2.05, 4.69) is 6.92 Å². The predicted octanol–water partition coefficient (Wildman–Crippen LogP) is 4.17. The fraction of sp³-hybridized carbons (Fsp3) is 0.294. The maximum absolute atomic E-state index is 13.3. The fourth-order valence-electron chi connectivity index (χ4n) is 2.29. The zero-order valence-corrected chi connectivity index (χ0v) is 11.7. The van der Waals surface area contributed by atoms with Crippen molar-refractivity contribution in [3.8, 4) is 0 Å². The first kappa shape index (κ1) is 14.7. The smallest absolute Gasteiger partial charge is 0.126 e. The molecule has 0 aromatic heterocycles. The topological polar surface area (TPSA) is 20.2 Å². The number of hydrogen-bond donors (Lipinski definition) is 1. The molecule has 2 aromatic carbocycles. The SMILES string of the molecule is CCCc1ccc(C(C)(O)c2cc(F)cc(F)c2)cc1. The maximum atomic E-state index is 13.3. The van der Waals surface area contributed by atoms with E-state index in [0.29, 0.717) is 5.56 Å². The summed E-state index contributed by atoms with van der Waals surface area (Å²) in [6.45, 7) is 3.63. The van der Waals surface area contributed by atoms with E-state index in [1.165, 1.54) is 12.5 Å². The second kappa shape index (κ2) is 5.71. The monoisotopic (exact) mass is 276 g/mol. The first-order chi connectivity index (χ1) is 9.43. The van der Waals surface area contributed by atoms with E-state index >= 15 is 0 Å². The van der Waals surface area contributed by atoms with Gasteiger partial charge >= 0.3 is 0 Å². The second-order valence-electron chi connectivity index (χ2n) is 5.18. The van der Waals surface area contributed by atoms with Gasteiger partial charge in [-0.05, 0) is 42.2 Å². The fourth-order valence-corrected chi connectivity index (χ4v) is 2.29. The molecule has 0 heterocycles. The zero-order valence-electron chi connectivity index (χ0n) is 11.7. The summed E-state index contributed by atoms with van der Waals surface area (Å²) in [5.41, 5.74) is 0.575. The van der Waals surface area contributed by atoms with Crippen LogP contribution in [-0.4, -0.2) is 5.11 Å². The Balaban J connectivity index is 2.37. The summed E-state index contributed by atoms with van der Waals surface area (Å²) in [6, 6.07) is 10.6. The average molecular weight is 276 g/mol. The number of aryl methyl sites for hydroxylation is 1. The summed E-state index contributed by atoms with van der Waals surface area (Å²) in [5.74, 6) is -1.38.